The Bertz CT molecular complexity index is 1420. The number of fused-ring (bicyclic) bond motifs is 1. The van der Waals surface area contributed by atoms with E-state index in [2.05, 4.69) is 5.32 Å². The van der Waals surface area contributed by atoms with Gasteiger partial charge in [-0.25, -0.2) is 9.59 Å². The van der Waals surface area contributed by atoms with Crippen LogP contribution in [-0.4, -0.2) is 53.5 Å². The number of alkyl halides is 3. The largest absolute Gasteiger partial charge is 0.424 e. The second-order valence-corrected chi connectivity index (χ2v) is 10.7. The number of nitrogens with zero attached hydrogens (tertiary/aromatic N) is 1. The molecule has 2 N–H and O–H groups in total. The second kappa shape index (κ2) is 15.6. The van der Waals surface area contributed by atoms with Gasteiger partial charge in [-0.1, -0.05) is 80.9 Å². The Balaban J connectivity index is 1.80. The van der Waals surface area contributed by atoms with Crippen LogP contribution in [0.3, 0.4) is 0 Å². The molecule has 3 aromatic carbocycles. The number of ether oxygens (including phenoxy) is 2. The van der Waals surface area contributed by atoms with E-state index in [0.29, 0.717) is 18.4 Å². The molecule has 3 unspecified atom stereocenters. The SMILES string of the molecule is CCC(C)C(NC(=O)CO)C(=O)OC(C)OC(=O)N(CCCc1cccc(C(F)(F)F)c1)[C@H](C)c1cccc2ccccc12. The molecule has 3 rings (SSSR count). The molecular formula is C33H39F3N2O6. The molecule has 0 fully saturated rings. The number of hydrogen-bond acceptors (Lipinski definition) is 6. The number of rotatable bonds is 13. The van der Waals surface area contributed by atoms with Gasteiger partial charge >= 0.3 is 18.2 Å². The number of aryl methyl sites for hydroxylation is 1. The highest BCUT2D eigenvalue weighted by molar-refractivity contribution is 5.87. The number of benzene rings is 3. The average molecular weight is 617 g/mol. The number of esters is 1. The lowest BCUT2D eigenvalue weighted by molar-refractivity contribution is -0.171. The third-order valence-corrected chi connectivity index (χ3v) is 7.57. The van der Waals surface area contributed by atoms with Gasteiger partial charge in [-0.15, -0.1) is 0 Å². The van der Waals surface area contributed by atoms with Crippen molar-refractivity contribution in [2.45, 2.75) is 71.5 Å². The standard InChI is InChI=1S/C33H39F3N2O6/c1-5-21(2)30(37-29(40)20-39)31(41)43-23(4)44-32(42)38(18-10-12-24-11-8-15-26(19-24)33(34,35)36)22(3)27-17-9-14-25-13-6-7-16-28(25)27/h6-9,11,13-17,19,21-23,30,39H,5,10,12,18,20H2,1-4H3,(H,37,40)/t21?,22-,23?,30?/m1/s1. The van der Waals surface area contributed by atoms with Gasteiger partial charge < -0.3 is 24.8 Å². The Morgan fingerprint density at radius 3 is 2.32 bits per heavy atom. The number of aliphatic hydroxyl groups is 1. The Kier molecular flexibility index (Phi) is 12.2. The van der Waals surface area contributed by atoms with Crippen LogP contribution < -0.4 is 5.32 Å². The molecule has 0 bridgehead atoms. The molecule has 4 atom stereocenters. The van der Waals surface area contributed by atoms with E-state index in [4.69, 9.17) is 14.6 Å². The molecule has 44 heavy (non-hydrogen) atoms. The van der Waals surface area contributed by atoms with E-state index in [1.54, 1.807) is 13.0 Å². The minimum Gasteiger partial charge on any atom is -0.424 e. The van der Waals surface area contributed by atoms with E-state index in [9.17, 15) is 27.6 Å². The minimum atomic E-state index is -4.46. The average Bonchev–Trinajstić information content (AvgIpc) is 3.00. The number of carbonyl (C=O) groups is 3. The summed E-state index contributed by atoms with van der Waals surface area (Å²) in [6.45, 7) is 6.10. The molecule has 0 saturated heterocycles. The maximum absolute atomic E-state index is 13.6. The van der Waals surface area contributed by atoms with Crippen LogP contribution in [0.4, 0.5) is 18.0 Å². The number of nitrogens with one attached hydrogen (secondary N) is 1. The van der Waals surface area contributed by atoms with Crippen molar-refractivity contribution in [1.82, 2.24) is 10.2 Å². The van der Waals surface area contributed by atoms with Gasteiger partial charge in [0.25, 0.3) is 0 Å². The van der Waals surface area contributed by atoms with Crippen molar-refractivity contribution in [3.63, 3.8) is 0 Å². The van der Waals surface area contributed by atoms with E-state index >= 15 is 0 Å². The topological polar surface area (TPSA) is 105 Å². The second-order valence-electron chi connectivity index (χ2n) is 10.7. The monoisotopic (exact) mass is 616 g/mol. The van der Waals surface area contributed by atoms with Crippen LogP contribution >= 0.6 is 0 Å². The molecule has 0 aliphatic heterocycles. The van der Waals surface area contributed by atoms with Crippen molar-refractivity contribution in [3.05, 3.63) is 83.4 Å². The molecule has 0 aliphatic rings. The summed E-state index contributed by atoms with van der Waals surface area (Å²) in [5, 5.41) is 13.4. The van der Waals surface area contributed by atoms with Crippen molar-refractivity contribution in [3.8, 4) is 0 Å². The normalized spacial score (nSPS) is 14.3. The molecule has 11 heteroatoms. The molecular weight excluding hydrogens is 577 g/mol. The summed E-state index contributed by atoms with van der Waals surface area (Å²) in [6.07, 6.45) is -5.42. The van der Waals surface area contributed by atoms with Crippen molar-refractivity contribution < 1.29 is 42.1 Å². The highest BCUT2D eigenvalue weighted by atomic mass is 19.4. The molecule has 0 spiro atoms. The lowest BCUT2D eigenvalue weighted by atomic mass is 9.98. The molecule has 0 saturated carbocycles. The molecule has 3 aromatic rings. The van der Waals surface area contributed by atoms with Crippen molar-refractivity contribution in [1.29, 1.82) is 0 Å². The van der Waals surface area contributed by atoms with Crippen LogP contribution in [0.15, 0.2) is 66.7 Å². The Hall–Kier alpha value is -4.12. The zero-order valence-corrected chi connectivity index (χ0v) is 25.3. The zero-order chi connectivity index (χ0) is 32.4. The first kappa shape index (κ1) is 34.4. The summed E-state index contributed by atoms with van der Waals surface area (Å²) in [5.74, 6) is -1.88. The summed E-state index contributed by atoms with van der Waals surface area (Å²) in [7, 11) is 0. The molecule has 2 amide bonds. The summed E-state index contributed by atoms with van der Waals surface area (Å²) < 4.78 is 50.5. The van der Waals surface area contributed by atoms with Crippen molar-refractivity contribution in [2.24, 2.45) is 5.92 Å². The Morgan fingerprint density at radius 2 is 1.64 bits per heavy atom. The van der Waals surface area contributed by atoms with Gasteiger partial charge in [0.15, 0.2) is 0 Å². The number of amides is 2. The van der Waals surface area contributed by atoms with Gasteiger partial charge in [0.1, 0.15) is 12.6 Å². The number of halogens is 3. The fourth-order valence-corrected chi connectivity index (χ4v) is 4.94. The third kappa shape index (κ3) is 9.19. The van der Waals surface area contributed by atoms with Crippen LogP contribution in [-0.2, 0) is 31.7 Å². The lowest BCUT2D eigenvalue weighted by Gasteiger charge is -2.31. The Labute approximate surface area is 255 Å². The molecule has 8 nitrogen and oxygen atoms in total. The summed E-state index contributed by atoms with van der Waals surface area (Å²) in [4.78, 5) is 39.7. The lowest BCUT2D eigenvalue weighted by Crippen LogP contribution is -2.48. The van der Waals surface area contributed by atoms with E-state index in [0.717, 1.165) is 28.5 Å². The number of aliphatic hydroxyl groups excluding tert-OH is 1. The van der Waals surface area contributed by atoms with Crippen molar-refractivity contribution >= 4 is 28.7 Å². The summed E-state index contributed by atoms with van der Waals surface area (Å²) >= 11 is 0. The maximum Gasteiger partial charge on any atom is 0.416 e. The predicted molar refractivity (Wildman–Crippen MR) is 159 cm³/mol. The fraction of sp³-hybridized carbons (Fsp3) is 0.424. The molecule has 238 valence electrons. The predicted octanol–water partition coefficient (Wildman–Crippen LogP) is 6.40. The highest BCUT2D eigenvalue weighted by Gasteiger charge is 2.32. The van der Waals surface area contributed by atoms with Crippen LogP contribution in [0, 0.1) is 5.92 Å². The van der Waals surface area contributed by atoms with E-state index < -0.39 is 54.7 Å². The van der Waals surface area contributed by atoms with Gasteiger partial charge in [0.2, 0.25) is 12.2 Å². The minimum absolute atomic E-state index is 0.141. The van der Waals surface area contributed by atoms with Crippen LogP contribution in [0.25, 0.3) is 10.8 Å². The number of hydrogen-bond donors (Lipinski definition) is 2. The third-order valence-electron chi connectivity index (χ3n) is 7.57. The molecule has 0 aliphatic carbocycles. The van der Waals surface area contributed by atoms with Gasteiger partial charge in [-0.3, -0.25) is 4.79 Å². The molecule has 0 radical (unpaired) electrons. The van der Waals surface area contributed by atoms with Gasteiger partial charge in [-0.2, -0.15) is 13.2 Å². The van der Waals surface area contributed by atoms with E-state index in [-0.39, 0.29) is 18.9 Å². The van der Waals surface area contributed by atoms with E-state index in [1.165, 1.54) is 17.9 Å². The fourth-order valence-electron chi connectivity index (χ4n) is 4.94. The van der Waals surface area contributed by atoms with E-state index in [1.807, 2.05) is 56.3 Å². The zero-order valence-electron chi connectivity index (χ0n) is 25.3. The van der Waals surface area contributed by atoms with Crippen LogP contribution in [0.1, 0.15) is 63.3 Å². The first-order chi connectivity index (χ1) is 20.8. The highest BCUT2D eigenvalue weighted by Crippen LogP contribution is 2.31. The van der Waals surface area contributed by atoms with Gasteiger partial charge in [0, 0.05) is 13.5 Å². The quantitative estimate of drug-likeness (QED) is 0.170. The summed E-state index contributed by atoms with van der Waals surface area (Å²) in [6, 6.07) is 16.9. The van der Waals surface area contributed by atoms with Crippen LogP contribution in [0.5, 0.6) is 0 Å². The summed E-state index contributed by atoms with van der Waals surface area (Å²) in [5.41, 5.74) is 0.582. The van der Waals surface area contributed by atoms with Crippen molar-refractivity contribution in [2.75, 3.05) is 13.2 Å². The molecule has 0 heterocycles. The van der Waals surface area contributed by atoms with Gasteiger partial charge in [-0.05, 0) is 53.6 Å². The first-order valence-electron chi connectivity index (χ1n) is 14.6. The smallest absolute Gasteiger partial charge is 0.416 e. The van der Waals surface area contributed by atoms with Crippen LogP contribution in [0.2, 0.25) is 0 Å². The number of carbonyl (C=O) groups excluding carboxylic acids is 3. The van der Waals surface area contributed by atoms with Gasteiger partial charge in [0.05, 0.1) is 11.6 Å². The Morgan fingerprint density at radius 1 is 0.955 bits per heavy atom. The first-order valence-corrected chi connectivity index (χ1v) is 14.6. The molecule has 0 aromatic heterocycles. The maximum atomic E-state index is 13.6.